The molecule has 0 spiro atoms. The lowest BCUT2D eigenvalue weighted by Crippen LogP contribution is -2.41. The number of hydrogen-bond acceptors (Lipinski definition) is 4. The van der Waals surface area contributed by atoms with Crippen molar-refractivity contribution in [3.63, 3.8) is 0 Å². The zero-order chi connectivity index (χ0) is 16.2. The Labute approximate surface area is 127 Å². The van der Waals surface area contributed by atoms with Gasteiger partial charge in [0.1, 0.15) is 5.78 Å². The lowest BCUT2D eigenvalue weighted by atomic mass is 9.62. The van der Waals surface area contributed by atoms with Gasteiger partial charge in [-0.1, -0.05) is 13.5 Å². The van der Waals surface area contributed by atoms with Crippen molar-refractivity contribution < 1.29 is 19.4 Å². The van der Waals surface area contributed by atoms with E-state index in [1.165, 1.54) is 7.11 Å². The van der Waals surface area contributed by atoms with Gasteiger partial charge in [-0.2, -0.15) is 0 Å². The summed E-state index contributed by atoms with van der Waals surface area (Å²) in [6, 6.07) is 0. The van der Waals surface area contributed by atoms with Crippen LogP contribution in [0.5, 0.6) is 0 Å². The highest BCUT2D eigenvalue weighted by molar-refractivity contribution is 5.88. The fourth-order valence-corrected chi connectivity index (χ4v) is 3.76. The summed E-state index contributed by atoms with van der Waals surface area (Å²) in [7, 11) is 1.35. The molecular formula is C17H28O4. The fourth-order valence-electron chi connectivity index (χ4n) is 3.76. The molecule has 5 atom stereocenters. The van der Waals surface area contributed by atoms with Crippen molar-refractivity contribution in [2.24, 2.45) is 23.7 Å². The first-order chi connectivity index (χ1) is 9.79. The van der Waals surface area contributed by atoms with Gasteiger partial charge < -0.3 is 14.6 Å². The van der Waals surface area contributed by atoms with Crippen molar-refractivity contribution >= 4 is 11.8 Å². The van der Waals surface area contributed by atoms with Crippen molar-refractivity contribution in [2.45, 2.75) is 52.6 Å². The number of carbonyl (C=O) groups excluding carboxylic acids is 2. The van der Waals surface area contributed by atoms with E-state index in [9.17, 15) is 14.7 Å². The molecule has 0 aromatic carbocycles. The molecule has 4 nitrogen and oxygen atoms in total. The van der Waals surface area contributed by atoms with E-state index >= 15 is 0 Å². The maximum absolute atomic E-state index is 11.8. The molecule has 0 bridgehead atoms. The van der Waals surface area contributed by atoms with Crippen LogP contribution in [0.15, 0.2) is 12.2 Å². The molecule has 1 saturated carbocycles. The van der Waals surface area contributed by atoms with Crippen molar-refractivity contribution in [3.05, 3.63) is 12.2 Å². The number of ether oxygens (including phenoxy) is 1. The molecule has 1 aliphatic carbocycles. The SMILES string of the molecule is C=C(C(=O)OC)C1CC[C@@H](C)[C@H](CCC(C)=O)C1C(C)O. The van der Waals surface area contributed by atoms with E-state index in [-0.39, 0.29) is 23.5 Å². The second-order valence-electron chi connectivity index (χ2n) is 6.40. The molecule has 0 heterocycles. The first-order valence-corrected chi connectivity index (χ1v) is 7.74. The number of hydrogen-bond donors (Lipinski definition) is 1. The molecule has 0 radical (unpaired) electrons. The van der Waals surface area contributed by atoms with E-state index in [0.29, 0.717) is 17.9 Å². The smallest absolute Gasteiger partial charge is 0.333 e. The highest BCUT2D eigenvalue weighted by Crippen LogP contribution is 2.45. The van der Waals surface area contributed by atoms with E-state index < -0.39 is 12.1 Å². The van der Waals surface area contributed by atoms with E-state index in [1.54, 1.807) is 13.8 Å². The molecule has 0 amide bonds. The number of carbonyl (C=O) groups is 2. The first kappa shape index (κ1) is 17.9. The van der Waals surface area contributed by atoms with Gasteiger partial charge in [0.15, 0.2) is 0 Å². The minimum Gasteiger partial charge on any atom is -0.466 e. The van der Waals surface area contributed by atoms with Gasteiger partial charge >= 0.3 is 5.97 Å². The van der Waals surface area contributed by atoms with Crippen molar-refractivity contribution in [1.82, 2.24) is 0 Å². The summed E-state index contributed by atoms with van der Waals surface area (Å²) in [5, 5.41) is 10.2. The molecular weight excluding hydrogens is 268 g/mol. The number of rotatable bonds is 6. The van der Waals surface area contributed by atoms with Crippen LogP contribution in [0.25, 0.3) is 0 Å². The van der Waals surface area contributed by atoms with Gasteiger partial charge in [-0.25, -0.2) is 4.79 Å². The van der Waals surface area contributed by atoms with E-state index in [4.69, 9.17) is 4.74 Å². The van der Waals surface area contributed by atoms with Gasteiger partial charge in [0, 0.05) is 12.0 Å². The van der Waals surface area contributed by atoms with Crippen LogP contribution in [0, 0.1) is 23.7 Å². The third-order valence-electron chi connectivity index (χ3n) is 4.90. The summed E-state index contributed by atoms with van der Waals surface area (Å²) in [6.07, 6.45) is 2.57. The van der Waals surface area contributed by atoms with Crippen LogP contribution in [-0.4, -0.2) is 30.1 Å². The van der Waals surface area contributed by atoms with Crippen LogP contribution in [0.4, 0.5) is 0 Å². The van der Waals surface area contributed by atoms with Crippen LogP contribution in [0.2, 0.25) is 0 Å². The first-order valence-electron chi connectivity index (χ1n) is 7.74. The number of aliphatic hydroxyl groups is 1. The Morgan fingerprint density at radius 1 is 1.38 bits per heavy atom. The predicted molar refractivity (Wildman–Crippen MR) is 81.6 cm³/mol. The molecule has 4 heteroatoms. The van der Waals surface area contributed by atoms with E-state index in [0.717, 1.165) is 19.3 Å². The normalized spacial score (nSPS) is 30.5. The Morgan fingerprint density at radius 2 is 2.00 bits per heavy atom. The third-order valence-corrected chi connectivity index (χ3v) is 4.90. The summed E-state index contributed by atoms with van der Waals surface area (Å²) < 4.78 is 4.78. The molecule has 1 aliphatic rings. The zero-order valence-corrected chi connectivity index (χ0v) is 13.6. The number of methoxy groups -OCH3 is 1. The molecule has 0 saturated heterocycles. The highest BCUT2D eigenvalue weighted by Gasteiger charge is 2.42. The molecule has 120 valence electrons. The zero-order valence-electron chi connectivity index (χ0n) is 13.6. The van der Waals surface area contributed by atoms with Gasteiger partial charge in [-0.05, 0) is 56.8 Å². The minimum absolute atomic E-state index is 0.0419. The van der Waals surface area contributed by atoms with E-state index in [2.05, 4.69) is 13.5 Å². The van der Waals surface area contributed by atoms with Crippen LogP contribution >= 0.6 is 0 Å². The lowest BCUT2D eigenvalue weighted by Gasteiger charge is -2.44. The maximum Gasteiger partial charge on any atom is 0.333 e. The summed E-state index contributed by atoms with van der Waals surface area (Å²) in [5.41, 5.74) is 0.447. The lowest BCUT2D eigenvalue weighted by molar-refractivity contribution is -0.137. The molecule has 3 unspecified atom stereocenters. The topological polar surface area (TPSA) is 63.6 Å². The van der Waals surface area contributed by atoms with Crippen LogP contribution in [0.3, 0.4) is 0 Å². The summed E-state index contributed by atoms with van der Waals surface area (Å²) in [4.78, 5) is 23.1. The van der Waals surface area contributed by atoms with Crippen LogP contribution in [-0.2, 0) is 14.3 Å². The van der Waals surface area contributed by atoms with Gasteiger partial charge in [0.25, 0.3) is 0 Å². The Bertz CT molecular complexity index is 400. The second kappa shape index (κ2) is 7.74. The van der Waals surface area contributed by atoms with Crippen molar-refractivity contribution in [3.8, 4) is 0 Å². The molecule has 1 rings (SSSR count). The summed E-state index contributed by atoms with van der Waals surface area (Å²) in [6.45, 7) is 9.41. The second-order valence-corrected chi connectivity index (χ2v) is 6.40. The highest BCUT2D eigenvalue weighted by atomic mass is 16.5. The van der Waals surface area contributed by atoms with Crippen LogP contribution in [0.1, 0.15) is 46.5 Å². The molecule has 0 aromatic heterocycles. The van der Waals surface area contributed by atoms with Gasteiger partial charge in [0.05, 0.1) is 13.2 Å². The van der Waals surface area contributed by atoms with Crippen molar-refractivity contribution in [2.75, 3.05) is 7.11 Å². The van der Waals surface area contributed by atoms with Gasteiger partial charge in [-0.3, -0.25) is 0 Å². The largest absolute Gasteiger partial charge is 0.466 e. The minimum atomic E-state index is -0.531. The number of esters is 1. The van der Waals surface area contributed by atoms with Gasteiger partial charge in [0.2, 0.25) is 0 Å². The van der Waals surface area contributed by atoms with Crippen LogP contribution < -0.4 is 0 Å². The Hall–Kier alpha value is -1.16. The average Bonchev–Trinajstić information content (AvgIpc) is 2.43. The number of Topliss-reactive ketones (excluding diaryl/α,β-unsaturated/α-hetero) is 1. The summed E-state index contributed by atoms with van der Waals surface area (Å²) >= 11 is 0. The molecule has 21 heavy (non-hydrogen) atoms. The Kier molecular flexibility index (Phi) is 6.59. The Morgan fingerprint density at radius 3 is 2.48 bits per heavy atom. The van der Waals surface area contributed by atoms with Crippen molar-refractivity contribution in [1.29, 1.82) is 0 Å². The molecule has 1 N–H and O–H groups in total. The number of aliphatic hydroxyl groups excluding tert-OH is 1. The Balaban J connectivity index is 2.96. The fraction of sp³-hybridized carbons (Fsp3) is 0.765. The maximum atomic E-state index is 11.8. The standard InChI is InChI=1S/C17H28O4/c1-10-6-8-15(12(3)17(20)21-5)16(13(4)19)14(10)9-7-11(2)18/h10,13-16,19H,3,6-9H2,1-2,4-5H3/t10-,13?,14+,15?,16?/m1/s1. The third kappa shape index (κ3) is 4.40. The quantitative estimate of drug-likeness (QED) is 0.604. The number of ketones is 1. The predicted octanol–water partition coefficient (Wildman–Crippen LogP) is 2.74. The monoisotopic (exact) mass is 296 g/mol. The van der Waals surface area contributed by atoms with E-state index in [1.807, 2.05) is 0 Å². The molecule has 1 fully saturated rings. The molecule has 0 aromatic rings. The van der Waals surface area contributed by atoms with Gasteiger partial charge in [-0.15, -0.1) is 0 Å². The summed E-state index contributed by atoms with van der Waals surface area (Å²) in [5.74, 6) is 0.330. The average molecular weight is 296 g/mol. The molecule has 0 aliphatic heterocycles.